The van der Waals surface area contributed by atoms with E-state index in [1.165, 1.54) is 80.1 Å². The van der Waals surface area contributed by atoms with E-state index in [1.807, 2.05) is 18.5 Å². The predicted octanol–water partition coefficient (Wildman–Crippen LogP) is 9.18. The minimum absolute atomic E-state index is 0.0119. The van der Waals surface area contributed by atoms with Crippen molar-refractivity contribution >= 4 is 22.9 Å². The molecule has 2 saturated heterocycles. The molecule has 0 bridgehead atoms. The Bertz CT molecular complexity index is 2910. The summed E-state index contributed by atoms with van der Waals surface area (Å²) in [6, 6.07) is 18.5. The lowest BCUT2D eigenvalue weighted by atomic mass is 9.30. The Hall–Kier alpha value is -5.33. The van der Waals surface area contributed by atoms with Crippen LogP contribution in [0, 0.1) is 45.8 Å². The van der Waals surface area contributed by atoms with Gasteiger partial charge in [-0.25, -0.2) is 4.98 Å². The third-order valence-corrected chi connectivity index (χ3v) is 20.5. The van der Waals surface area contributed by atoms with Crippen molar-refractivity contribution in [2.24, 2.45) is 45.8 Å². The Morgan fingerprint density at radius 1 is 0.768 bits per heavy atom. The van der Waals surface area contributed by atoms with Crippen molar-refractivity contribution in [1.29, 1.82) is 0 Å². The van der Waals surface area contributed by atoms with Gasteiger partial charge < -0.3 is 46.0 Å². The lowest BCUT2D eigenvalue weighted by molar-refractivity contribution is -0.230. The first kappa shape index (κ1) is 43.7. The summed E-state index contributed by atoms with van der Waals surface area (Å²) in [5.74, 6) is 0.688. The highest BCUT2D eigenvalue weighted by molar-refractivity contribution is 6.03. The Kier molecular flexibility index (Phi) is 10.0. The van der Waals surface area contributed by atoms with Crippen molar-refractivity contribution in [3.8, 4) is 28.7 Å². The second-order valence-corrected chi connectivity index (χ2v) is 22.9. The van der Waals surface area contributed by atoms with Gasteiger partial charge in [0.15, 0.2) is 23.0 Å². The lowest BCUT2D eigenvalue weighted by Crippen LogP contribution is -2.79. The molecule has 0 amide bonds. The van der Waals surface area contributed by atoms with Crippen molar-refractivity contribution in [1.82, 2.24) is 20.6 Å². The molecule has 3 spiro atoms. The van der Waals surface area contributed by atoms with Crippen LogP contribution in [-0.2, 0) is 24.7 Å². The van der Waals surface area contributed by atoms with Crippen molar-refractivity contribution < 1.29 is 35.7 Å². The minimum atomic E-state index is -0.570. The van der Waals surface area contributed by atoms with Gasteiger partial charge >= 0.3 is 0 Å². The van der Waals surface area contributed by atoms with Gasteiger partial charge in [0.05, 0.1) is 23.5 Å². The number of aryl methyl sites for hydroxylation is 2. The zero-order valence-corrected chi connectivity index (χ0v) is 39.2. The summed E-state index contributed by atoms with van der Waals surface area (Å²) in [7, 11) is 0. The summed E-state index contributed by atoms with van der Waals surface area (Å²) in [5, 5.41) is 87.1. The molecule has 13 atom stereocenters. The number of H-pyrrole nitrogens is 1. The van der Waals surface area contributed by atoms with Gasteiger partial charge in [-0.15, -0.1) is 0 Å². The number of nitrogens with zero attached hydrogens (tertiary/aromatic N) is 1. The first-order chi connectivity index (χ1) is 33.5. The third kappa shape index (κ3) is 6.09. The molecule has 13 unspecified atom stereocenters. The highest BCUT2D eigenvalue weighted by Gasteiger charge is 2.80. The molecule has 360 valence electrons. The van der Waals surface area contributed by atoms with Crippen molar-refractivity contribution in [3.05, 3.63) is 118 Å². The van der Waals surface area contributed by atoms with Crippen molar-refractivity contribution in [2.45, 2.75) is 126 Å². The summed E-state index contributed by atoms with van der Waals surface area (Å²) in [4.78, 5) is 9.23. The van der Waals surface area contributed by atoms with E-state index < -0.39 is 12.3 Å². The fraction of sp³-hybridized carbons (Fsp3) is 0.500. The van der Waals surface area contributed by atoms with Crippen LogP contribution >= 0.6 is 0 Å². The molecule has 6 aliphatic carbocycles. The Balaban J connectivity index is 0.891. The molecule has 11 nitrogen and oxygen atoms in total. The Labute approximate surface area is 403 Å². The second kappa shape index (κ2) is 15.8. The van der Waals surface area contributed by atoms with E-state index in [4.69, 9.17) is 4.98 Å². The molecule has 1 aromatic heterocycles. The number of rotatable bonds is 6. The maximum absolute atomic E-state index is 12.9. The number of allylic oxidation sites excluding steroid dienone is 1. The fourth-order valence-corrected chi connectivity index (χ4v) is 18.1. The maximum atomic E-state index is 12.9. The molecule has 4 saturated carbocycles. The summed E-state index contributed by atoms with van der Waals surface area (Å²) in [6.45, 7) is 0.779. The fourth-order valence-electron chi connectivity index (χ4n) is 18.1. The van der Waals surface area contributed by atoms with E-state index in [-0.39, 0.29) is 73.8 Å². The van der Waals surface area contributed by atoms with E-state index in [2.05, 4.69) is 52.0 Å². The van der Waals surface area contributed by atoms with Gasteiger partial charge in [0.2, 0.25) is 0 Å². The van der Waals surface area contributed by atoms with Gasteiger partial charge in [-0.1, -0.05) is 73.2 Å². The molecule has 0 radical (unpaired) electrons. The van der Waals surface area contributed by atoms with Gasteiger partial charge in [-0.2, -0.15) is 0 Å². The summed E-state index contributed by atoms with van der Waals surface area (Å²) < 4.78 is 0. The van der Waals surface area contributed by atoms with E-state index in [9.17, 15) is 35.7 Å². The average Bonchev–Trinajstić information content (AvgIpc) is 4.07. The maximum Gasteiger partial charge on any atom is 0.169 e. The molecule has 2 aliphatic heterocycles. The number of nitrogens with one attached hydrogen (secondary N) is 3. The molecule has 6 fully saturated rings. The Morgan fingerprint density at radius 2 is 1.62 bits per heavy atom. The Morgan fingerprint density at radius 3 is 2.46 bits per heavy atom. The zero-order valence-electron chi connectivity index (χ0n) is 39.2. The molecule has 69 heavy (non-hydrogen) atoms. The number of aliphatic hydroxyl groups is 2. The van der Waals surface area contributed by atoms with Crippen LogP contribution in [0.3, 0.4) is 0 Å². The van der Waals surface area contributed by atoms with E-state index in [1.54, 1.807) is 18.2 Å². The molecule has 11 heteroatoms. The van der Waals surface area contributed by atoms with Gasteiger partial charge in [-0.3, -0.25) is 5.32 Å². The first-order valence-corrected chi connectivity index (χ1v) is 26.0. The van der Waals surface area contributed by atoms with Crippen LogP contribution in [0.5, 0.6) is 28.7 Å². The van der Waals surface area contributed by atoms with Crippen molar-refractivity contribution in [3.63, 3.8) is 0 Å². The predicted molar refractivity (Wildman–Crippen MR) is 264 cm³/mol. The SMILES string of the molecule is Oc1ccc(C=Cc2c(CCc3ccc(C4CC5(CCNC(O)C5)C5CC6CCC7CCc8[nH]cnc8C8(C5N4)C4C(O)C=CC5CCCC54CCC768)cc3)c(O)c(O)c3c(O)cccc23)cc1O. The molecule has 13 rings (SSSR count). The number of phenols is 5. The highest BCUT2D eigenvalue weighted by atomic mass is 16.3. The van der Waals surface area contributed by atoms with Gasteiger partial charge in [0.1, 0.15) is 12.0 Å². The summed E-state index contributed by atoms with van der Waals surface area (Å²) in [5.41, 5.74) is 6.16. The van der Waals surface area contributed by atoms with Gasteiger partial charge in [0, 0.05) is 34.7 Å². The van der Waals surface area contributed by atoms with Crippen molar-refractivity contribution in [2.75, 3.05) is 6.54 Å². The van der Waals surface area contributed by atoms with Gasteiger partial charge in [-0.05, 0) is 182 Å². The van der Waals surface area contributed by atoms with Gasteiger partial charge in [0.25, 0.3) is 0 Å². The number of phenolic OH excluding ortho intramolecular Hbond substituents is 5. The second-order valence-electron chi connectivity index (χ2n) is 22.9. The molecule has 5 aromatic rings. The van der Waals surface area contributed by atoms with Crippen LogP contribution in [0.1, 0.15) is 122 Å². The molecule has 10 N–H and O–H groups in total. The van der Waals surface area contributed by atoms with Crippen LogP contribution in [0.2, 0.25) is 0 Å². The number of imidazole rings is 1. The summed E-state index contributed by atoms with van der Waals surface area (Å²) >= 11 is 0. The number of aromatic amines is 1. The number of hydrogen-bond acceptors (Lipinski definition) is 10. The average molecular weight is 931 g/mol. The topological polar surface area (TPSA) is 194 Å². The number of benzene rings is 4. The monoisotopic (exact) mass is 930 g/mol. The third-order valence-electron chi connectivity index (χ3n) is 20.5. The molecular weight excluding hydrogens is 865 g/mol. The van der Waals surface area contributed by atoms with Crippen LogP contribution in [-0.4, -0.2) is 70.6 Å². The molecule has 4 aromatic carbocycles. The molecule has 3 heterocycles. The van der Waals surface area contributed by atoms with E-state index in [0.717, 1.165) is 44.2 Å². The van der Waals surface area contributed by atoms with Crippen LogP contribution < -0.4 is 10.6 Å². The molecule has 8 aliphatic rings. The number of aromatic nitrogens is 2. The normalized spacial score (nSPS) is 37.4. The minimum Gasteiger partial charge on any atom is -0.507 e. The first-order valence-electron chi connectivity index (χ1n) is 26.0. The highest BCUT2D eigenvalue weighted by Crippen LogP contribution is 2.81. The van der Waals surface area contributed by atoms with E-state index >= 15 is 0 Å². The quantitative estimate of drug-likeness (QED) is 0.0446. The van der Waals surface area contributed by atoms with Crippen LogP contribution in [0.25, 0.3) is 22.9 Å². The number of aromatic hydroxyl groups is 5. The number of aliphatic hydroxyl groups excluding tert-OH is 2. The summed E-state index contributed by atoms with van der Waals surface area (Å²) in [6.07, 6.45) is 24.4. The zero-order chi connectivity index (χ0) is 47.0. The molecular formula is C58H66N4O7. The largest absolute Gasteiger partial charge is 0.507 e. The van der Waals surface area contributed by atoms with E-state index in [0.29, 0.717) is 65.0 Å². The number of hydrogen-bond donors (Lipinski definition) is 10. The smallest absolute Gasteiger partial charge is 0.169 e. The van der Waals surface area contributed by atoms with Crippen LogP contribution in [0.15, 0.2) is 79.1 Å². The van der Waals surface area contributed by atoms with Crippen LogP contribution in [0.4, 0.5) is 0 Å². The number of fused-ring (bicyclic) bond motifs is 4. The standard InChI is InChI=1S/C58H66N4O7/c63-44-20-10-33(27-47(44)66)9-17-38-39-4-1-5-45(64)49(39)51(69)50(68)40(38)18-8-32-6-11-34(12-7-32)43-29-55(25-26-59-48(67)30-55)41-28-37-14-13-36-15-19-42-54(61-31-60-42)58(53(41)62-43)52-46(65)21-16-35-3-2-22-56(35,52)23-24-57(36,37)58/h1,4-7,9-12,16-17,20-21,27,31,35-37,41,43,46,48,52-53,59,62-69H,2-3,8,13-15,18-19,22-26,28-30H2,(H,60,61). The lowest BCUT2D eigenvalue weighted by Gasteiger charge is -2.75. The number of piperidine rings is 2.